The Morgan fingerprint density at radius 1 is 1.54 bits per heavy atom. The summed E-state index contributed by atoms with van der Waals surface area (Å²) < 4.78 is 0. The lowest BCUT2D eigenvalue weighted by molar-refractivity contribution is -0.126. The zero-order valence-corrected chi connectivity index (χ0v) is 7.17. The molecule has 0 aromatic heterocycles. The van der Waals surface area contributed by atoms with Crippen LogP contribution in [-0.2, 0) is 9.59 Å². The lowest BCUT2D eigenvalue weighted by Crippen LogP contribution is -2.49. The molecular weight excluding hydrogens is 178 g/mol. The van der Waals surface area contributed by atoms with Gasteiger partial charge in [0, 0.05) is 6.92 Å². The van der Waals surface area contributed by atoms with E-state index < -0.39 is 30.8 Å². The predicted molar refractivity (Wildman–Crippen MR) is 42.8 cm³/mol. The van der Waals surface area contributed by atoms with Gasteiger partial charge in [0.2, 0.25) is 5.91 Å². The standard InChI is InChI=1S/C7H13NO5/c1-4(11)8-5(2-9)7(13)6(12)3-10/h2,5-7,10,12-13H,3H2,1H3,(H,8,11)/t5-,6+,7-/m0/s1. The highest BCUT2D eigenvalue weighted by atomic mass is 16.4. The Hall–Kier alpha value is -0.980. The van der Waals surface area contributed by atoms with Crippen LogP contribution >= 0.6 is 0 Å². The van der Waals surface area contributed by atoms with Gasteiger partial charge in [-0.2, -0.15) is 0 Å². The maximum atomic E-state index is 10.5. The first-order chi connectivity index (χ1) is 6.02. The fourth-order valence-electron chi connectivity index (χ4n) is 0.782. The molecule has 0 fully saturated rings. The molecule has 3 atom stereocenters. The van der Waals surface area contributed by atoms with Crippen molar-refractivity contribution in [2.45, 2.75) is 25.2 Å². The van der Waals surface area contributed by atoms with Crippen LogP contribution in [0.5, 0.6) is 0 Å². The number of carbonyl (C=O) groups is 2. The summed E-state index contributed by atoms with van der Waals surface area (Å²) in [6.07, 6.45) is -2.64. The molecule has 0 aliphatic carbocycles. The molecule has 1 amide bonds. The van der Waals surface area contributed by atoms with Gasteiger partial charge in [-0.1, -0.05) is 0 Å². The lowest BCUT2D eigenvalue weighted by atomic mass is 10.1. The Bertz CT molecular complexity index is 184. The summed E-state index contributed by atoms with van der Waals surface area (Å²) in [6, 6.07) is -1.19. The molecule has 0 aliphatic rings. The normalized spacial score (nSPS) is 17.2. The summed E-state index contributed by atoms with van der Waals surface area (Å²) in [5.41, 5.74) is 0. The molecule has 6 nitrogen and oxygen atoms in total. The number of hydrogen-bond donors (Lipinski definition) is 4. The highest BCUT2D eigenvalue weighted by Crippen LogP contribution is 1.97. The molecule has 4 N–H and O–H groups in total. The third kappa shape index (κ3) is 3.97. The molecule has 0 aromatic rings. The van der Waals surface area contributed by atoms with E-state index in [4.69, 9.17) is 10.2 Å². The monoisotopic (exact) mass is 191 g/mol. The predicted octanol–water partition coefficient (Wildman–Crippen LogP) is -2.60. The van der Waals surface area contributed by atoms with E-state index in [1.54, 1.807) is 0 Å². The van der Waals surface area contributed by atoms with Gasteiger partial charge in [-0.15, -0.1) is 0 Å². The average molecular weight is 191 g/mol. The molecule has 0 aromatic carbocycles. The minimum absolute atomic E-state index is 0.297. The molecule has 0 radical (unpaired) electrons. The minimum atomic E-state index is -1.49. The molecule has 0 aliphatic heterocycles. The van der Waals surface area contributed by atoms with E-state index in [-0.39, 0.29) is 0 Å². The summed E-state index contributed by atoms with van der Waals surface area (Å²) in [4.78, 5) is 20.8. The molecule has 13 heavy (non-hydrogen) atoms. The molecule has 0 unspecified atom stereocenters. The van der Waals surface area contributed by atoms with E-state index in [9.17, 15) is 14.7 Å². The number of nitrogens with one attached hydrogen (secondary N) is 1. The van der Waals surface area contributed by atoms with E-state index in [0.717, 1.165) is 0 Å². The van der Waals surface area contributed by atoms with E-state index >= 15 is 0 Å². The van der Waals surface area contributed by atoms with Crippen LogP contribution in [0, 0.1) is 0 Å². The molecular formula is C7H13NO5. The van der Waals surface area contributed by atoms with Crippen molar-refractivity contribution in [2.24, 2.45) is 0 Å². The van der Waals surface area contributed by atoms with Gasteiger partial charge in [0.25, 0.3) is 0 Å². The van der Waals surface area contributed by atoms with Crippen molar-refractivity contribution in [3.05, 3.63) is 0 Å². The Morgan fingerprint density at radius 3 is 2.38 bits per heavy atom. The van der Waals surface area contributed by atoms with E-state index in [2.05, 4.69) is 5.32 Å². The van der Waals surface area contributed by atoms with Gasteiger partial charge in [0.05, 0.1) is 6.61 Å². The summed E-state index contributed by atoms with van der Waals surface area (Å²) >= 11 is 0. The van der Waals surface area contributed by atoms with Gasteiger partial charge < -0.3 is 25.4 Å². The van der Waals surface area contributed by atoms with Crippen LogP contribution in [-0.4, -0.2) is 52.4 Å². The molecule has 0 bridgehead atoms. The van der Waals surface area contributed by atoms with Crippen molar-refractivity contribution in [1.29, 1.82) is 0 Å². The van der Waals surface area contributed by atoms with Crippen molar-refractivity contribution in [2.75, 3.05) is 6.61 Å². The van der Waals surface area contributed by atoms with E-state index in [0.29, 0.717) is 6.29 Å². The zero-order chi connectivity index (χ0) is 10.4. The second kappa shape index (κ2) is 5.63. The minimum Gasteiger partial charge on any atom is -0.394 e. The molecule has 0 heterocycles. The molecule has 0 rings (SSSR count). The maximum absolute atomic E-state index is 10.5. The van der Waals surface area contributed by atoms with E-state index in [1.165, 1.54) is 6.92 Å². The van der Waals surface area contributed by atoms with Crippen LogP contribution in [0.15, 0.2) is 0 Å². The number of aldehydes is 1. The smallest absolute Gasteiger partial charge is 0.217 e. The Morgan fingerprint density at radius 2 is 2.08 bits per heavy atom. The SMILES string of the molecule is CC(=O)N[C@@H](C=O)[C@H](O)[C@H](O)CO. The fourth-order valence-corrected chi connectivity index (χ4v) is 0.782. The van der Waals surface area contributed by atoms with Gasteiger partial charge in [-0.05, 0) is 0 Å². The van der Waals surface area contributed by atoms with Crippen LogP contribution in [0.4, 0.5) is 0 Å². The zero-order valence-electron chi connectivity index (χ0n) is 7.17. The van der Waals surface area contributed by atoms with Crippen molar-refractivity contribution in [3.63, 3.8) is 0 Å². The Labute approximate surface area is 75.2 Å². The highest BCUT2D eigenvalue weighted by Gasteiger charge is 2.25. The van der Waals surface area contributed by atoms with Gasteiger partial charge in [-0.25, -0.2) is 0 Å². The van der Waals surface area contributed by atoms with Crippen LogP contribution in [0.1, 0.15) is 6.92 Å². The van der Waals surface area contributed by atoms with Crippen molar-refractivity contribution in [1.82, 2.24) is 5.32 Å². The van der Waals surface area contributed by atoms with Crippen LogP contribution in [0.3, 0.4) is 0 Å². The maximum Gasteiger partial charge on any atom is 0.217 e. The number of hydrogen-bond acceptors (Lipinski definition) is 5. The largest absolute Gasteiger partial charge is 0.394 e. The van der Waals surface area contributed by atoms with Crippen LogP contribution < -0.4 is 5.32 Å². The first kappa shape index (κ1) is 12.0. The molecule has 76 valence electrons. The van der Waals surface area contributed by atoms with Gasteiger partial charge in [-0.3, -0.25) is 4.79 Å². The molecule has 0 saturated heterocycles. The first-order valence-corrected chi connectivity index (χ1v) is 3.72. The summed E-state index contributed by atoms with van der Waals surface area (Å²) in [5.74, 6) is -0.499. The average Bonchev–Trinajstić information content (AvgIpc) is 2.11. The van der Waals surface area contributed by atoms with Crippen molar-refractivity contribution >= 4 is 12.2 Å². The Balaban J connectivity index is 4.21. The second-order valence-electron chi connectivity index (χ2n) is 2.60. The third-order valence-electron chi connectivity index (χ3n) is 1.47. The number of amides is 1. The quantitative estimate of drug-likeness (QED) is 0.357. The molecule has 0 saturated carbocycles. The van der Waals surface area contributed by atoms with Gasteiger partial charge in [0.1, 0.15) is 24.5 Å². The topological polar surface area (TPSA) is 107 Å². The lowest BCUT2D eigenvalue weighted by Gasteiger charge is -2.21. The van der Waals surface area contributed by atoms with Crippen molar-refractivity contribution < 1.29 is 24.9 Å². The molecule has 0 spiro atoms. The number of carbonyl (C=O) groups excluding carboxylic acids is 2. The third-order valence-corrected chi connectivity index (χ3v) is 1.47. The van der Waals surface area contributed by atoms with Gasteiger partial charge in [0.15, 0.2) is 0 Å². The summed E-state index contributed by atoms with van der Waals surface area (Å²) in [6.45, 7) is 0.500. The van der Waals surface area contributed by atoms with Crippen LogP contribution in [0.25, 0.3) is 0 Å². The molecule has 6 heteroatoms. The van der Waals surface area contributed by atoms with Crippen molar-refractivity contribution in [3.8, 4) is 0 Å². The first-order valence-electron chi connectivity index (χ1n) is 3.72. The number of rotatable bonds is 5. The second-order valence-corrected chi connectivity index (χ2v) is 2.60. The Kier molecular flexibility index (Phi) is 5.20. The number of aliphatic hydroxyl groups excluding tert-OH is 3. The highest BCUT2D eigenvalue weighted by molar-refractivity contribution is 5.77. The number of aliphatic hydroxyl groups is 3. The summed E-state index contributed by atoms with van der Waals surface area (Å²) in [5, 5.41) is 28.7. The van der Waals surface area contributed by atoms with Crippen LogP contribution in [0.2, 0.25) is 0 Å². The fraction of sp³-hybridized carbons (Fsp3) is 0.714. The van der Waals surface area contributed by atoms with E-state index in [1.807, 2.05) is 0 Å². The van der Waals surface area contributed by atoms with Gasteiger partial charge >= 0.3 is 0 Å². The summed E-state index contributed by atoms with van der Waals surface area (Å²) in [7, 11) is 0.